The SMILES string of the molecule is CC(C)(C)OC(=O)NC[C@H](C(=O)O)C(=O)Nc1c(Cl)cc(-c2ccccc2)cc1Cl. The molecule has 2 aromatic rings. The molecule has 160 valence electrons. The number of carbonyl (C=O) groups is 3. The average Bonchev–Trinajstić information content (AvgIpc) is 2.63. The van der Waals surface area contributed by atoms with Gasteiger partial charge in [-0.1, -0.05) is 53.5 Å². The maximum absolute atomic E-state index is 12.5. The molecule has 0 fully saturated rings. The second-order valence-electron chi connectivity index (χ2n) is 7.44. The number of carboxylic acids is 1. The number of ether oxygens (including phenoxy) is 1. The lowest BCUT2D eigenvalue weighted by molar-refractivity contribution is -0.145. The standard InChI is InChI=1S/C21H22Cl2N2O5/c1-21(2,3)30-20(29)24-11-14(19(27)28)18(26)25-17-15(22)9-13(10-16(17)23)12-7-5-4-6-8-12/h4-10,14H,11H2,1-3H3,(H,24,29)(H,25,26)(H,27,28)/t14-/m0/s1. The maximum Gasteiger partial charge on any atom is 0.407 e. The molecule has 0 unspecified atom stereocenters. The summed E-state index contributed by atoms with van der Waals surface area (Å²) in [5.74, 6) is -3.87. The number of aliphatic carboxylic acids is 1. The number of hydrogen-bond acceptors (Lipinski definition) is 4. The number of benzene rings is 2. The molecular formula is C21H22Cl2N2O5. The van der Waals surface area contributed by atoms with Crippen LogP contribution in [-0.4, -0.2) is 35.2 Å². The van der Waals surface area contributed by atoms with E-state index in [4.69, 9.17) is 27.9 Å². The van der Waals surface area contributed by atoms with Crippen LogP contribution in [0.25, 0.3) is 11.1 Å². The van der Waals surface area contributed by atoms with Crippen LogP contribution in [0.15, 0.2) is 42.5 Å². The molecule has 0 radical (unpaired) electrons. The highest BCUT2D eigenvalue weighted by Crippen LogP contribution is 2.35. The van der Waals surface area contributed by atoms with Gasteiger partial charge in [-0.25, -0.2) is 4.79 Å². The molecule has 2 aromatic carbocycles. The van der Waals surface area contributed by atoms with E-state index < -0.39 is 36.0 Å². The minimum atomic E-state index is -1.57. The maximum atomic E-state index is 12.5. The predicted molar refractivity (Wildman–Crippen MR) is 116 cm³/mol. The van der Waals surface area contributed by atoms with Crippen molar-refractivity contribution in [1.82, 2.24) is 5.32 Å². The lowest BCUT2D eigenvalue weighted by Crippen LogP contribution is -2.41. The summed E-state index contributed by atoms with van der Waals surface area (Å²) in [5, 5.41) is 14.4. The summed E-state index contributed by atoms with van der Waals surface area (Å²) in [6, 6.07) is 12.6. The molecule has 0 bridgehead atoms. The normalized spacial score (nSPS) is 12.0. The number of anilines is 1. The fourth-order valence-corrected chi connectivity index (χ4v) is 3.07. The first-order valence-electron chi connectivity index (χ1n) is 9.03. The van der Waals surface area contributed by atoms with Gasteiger partial charge in [0.25, 0.3) is 0 Å². The molecule has 7 nitrogen and oxygen atoms in total. The van der Waals surface area contributed by atoms with E-state index in [1.54, 1.807) is 32.9 Å². The molecule has 2 amide bonds. The number of halogens is 2. The van der Waals surface area contributed by atoms with Gasteiger partial charge in [-0.15, -0.1) is 0 Å². The van der Waals surface area contributed by atoms with Crippen molar-refractivity contribution in [3.63, 3.8) is 0 Å². The Hall–Kier alpha value is -2.77. The summed E-state index contributed by atoms with van der Waals surface area (Å²) in [4.78, 5) is 35.8. The lowest BCUT2D eigenvalue weighted by atomic mass is 10.0. The molecule has 0 heterocycles. The first kappa shape index (κ1) is 23.5. The van der Waals surface area contributed by atoms with Crippen molar-refractivity contribution >= 4 is 46.9 Å². The predicted octanol–water partition coefficient (Wildman–Crippen LogP) is 4.82. The van der Waals surface area contributed by atoms with E-state index in [0.29, 0.717) is 0 Å². The van der Waals surface area contributed by atoms with Gasteiger partial charge in [0.2, 0.25) is 5.91 Å². The molecule has 0 saturated heterocycles. The smallest absolute Gasteiger partial charge is 0.407 e. The topological polar surface area (TPSA) is 105 Å². The van der Waals surface area contributed by atoms with Crippen molar-refractivity contribution in [2.24, 2.45) is 5.92 Å². The van der Waals surface area contributed by atoms with Gasteiger partial charge in [-0.05, 0) is 44.0 Å². The van der Waals surface area contributed by atoms with E-state index in [-0.39, 0.29) is 15.7 Å². The van der Waals surface area contributed by atoms with E-state index in [1.165, 1.54) is 0 Å². The summed E-state index contributed by atoms with van der Waals surface area (Å²) in [6.07, 6.45) is -0.829. The number of hydrogen-bond donors (Lipinski definition) is 3. The highest BCUT2D eigenvalue weighted by molar-refractivity contribution is 6.40. The number of carboxylic acid groups (broad SMARTS) is 1. The van der Waals surface area contributed by atoms with Gasteiger partial charge in [0.15, 0.2) is 5.92 Å². The second-order valence-corrected chi connectivity index (χ2v) is 8.26. The van der Waals surface area contributed by atoms with E-state index >= 15 is 0 Å². The zero-order valence-electron chi connectivity index (χ0n) is 16.7. The van der Waals surface area contributed by atoms with Crippen molar-refractivity contribution in [3.05, 3.63) is 52.5 Å². The third kappa shape index (κ3) is 6.64. The molecule has 0 aliphatic heterocycles. The molecule has 1 atom stereocenters. The lowest BCUT2D eigenvalue weighted by Gasteiger charge is -2.21. The van der Waals surface area contributed by atoms with Crippen LogP contribution in [0.5, 0.6) is 0 Å². The second kappa shape index (κ2) is 9.82. The van der Waals surface area contributed by atoms with Crippen molar-refractivity contribution in [2.75, 3.05) is 11.9 Å². The summed E-state index contributed by atoms with van der Waals surface area (Å²) in [6.45, 7) is 4.53. The number of nitrogens with one attached hydrogen (secondary N) is 2. The Kier molecular flexibility index (Phi) is 7.70. The van der Waals surface area contributed by atoms with Gasteiger partial charge in [0, 0.05) is 6.54 Å². The van der Waals surface area contributed by atoms with Crippen LogP contribution in [0.1, 0.15) is 20.8 Å². The van der Waals surface area contributed by atoms with Crippen LogP contribution in [0.4, 0.5) is 10.5 Å². The Labute approximate surface area is 184 Å². The Morgan fingerprint density at radius 3 is 2.10 bits per heavy atom. The van der Waals surface area contributed by atoms with Crippen LogP contribution >= 0.6 is 23.2 Å². The minimum Gasteiger partial charge on any atom is -0.481 e. The fourth-order valence-electron chi connectivity index (χ4n) is 2.49. The zero-order chi connectivity index (χ0) is 22.5. The monoisotopic (exact) mass is 452 g/mol. The Bertz CT molecular complexity index is 919. The van der Waals surface area contributed by atoms with E-state index in [9.17, 15) is 19.5 Å². The molecule has 2 rings (SSSR count). The summed E-state index contributed by atoms with van der Waals surface area (Å²) in [5.41, 5.74) is 0.952. The molecule has 0 aliphatic rings. The Morgan fingerprint density at radius 2 is 1.60 bits per heavy atom. The highest BCUT2D eigenvalue weighted by atomic mass is 35.5. The van der Waals surface area contributed by atoms with Gasteiger partial charge < -0.3 is 20.5 Å². The van der Waals surface area contributed by atoms with Crippen LogP contribution in [0.2, 0.25) is 10.0 Å². The van der Waals surface area contributed by atoms with Crippen molar-refractivity contribution < 1.29 is 24.2 Å². The van der Waals surface area contributed by atoms with Gasteiger partial charge >= 0.3 is 12.1 Å². The Balaban J connectivity index is 2.14. The van der Waals surface area contributed by atoms with Crippen LogP contribution in [-0.2, 0) is 14.3 Å². The molecule has 9 heteroatoms. The van der Waals surface area contributed by atoms with Crippen molar-refractivity contribution in [1.29, 1.82) is 0 Å². The van der Waals surface area contributed by atoms with Crippen molar-refractivity contribution in [3.8, 4) is 11.1 Å². The van der Waals surface area contributed by atoms with E-state index in [0.717, 1.165) is 11.1 Å². The minimum absolute atomic E-state index is 0.0894. The summed E-state index contributed by atoms with van der Waals surface area (Å²) < 4.78 is 5.04. The number of alkyl carbamates (subject to hydrolysis) is 1. The van der Waals surface area contributed by atoms with E-state index in [1.807, 2.05) is 30.3 Å². The Morgan fingerprint density at radius 1 is 1.03 bits per heavy atom. The van der Waals surface area contributed by atoms with Crippen LogP contribution < -0.4 is 10.6 Å². The number of rotatable bonds is 6. The number of carbonyl (C=O) groups excluding carboxylic acids is 2. The van der Waals surface area contributed by atoms with Gasteiger partial charge in [-0.3, -0.25) is 9.59 Å². The average molecular weight is 453 g/mol. The van der Waals surface area contributed by atoms with Crippen LogP contribution in [0, 0.1) is 5.92 Å². The first-order chi connectivity index (χ1) is 14.0. The highest BCUT2D eigenvalue weighted by Gasteiger charge is 2.29. The molecule has 0 aromatic heterocycles. The molecule has 3 N–H and O–H groups in total. The molecule has 0 spiro atoms. The zero-order valence-corrected chi connectivity index (χ0v) is 18.2. The number of amides is 2. The van der Waals surface area contributed by atoms with Crippen LogP contribution in [0.3, 0.4) is 0 Å². The largest absolute Gasteiger partial charge is 0.481 e. The van der Waals surface area contributed by atoms with Gasteiger partial charge in [-0.2, -0.15) is 0 Å². The van der Waals surface area contributed by atoms with E-state index in [2.05, 4.69) is 10.6 Å². The summed E-state index contributed by atoms with van der Waals surface area (Å²) >= 11 is 12.6. The first-order valence-corrected chi connectivity index (χ1v) is 9.78. The van der Waals surface area contributed by atoms with Crippen molar-refractivity contribution in [2.45, 2.75) is 26.4 Å². The molecule has 0 aliphatic carbocycles. The summed E-state index contributed by atoms with van der Waals surface area (Å²) in [7, 11) is 0. The van der Waals surface area contributed by atoms with Gasteiger partial charge in [0.05, 0.1) is 15.7 Å². The molecule has 30 heavy (non-hydrogen) atoms. The fraction of sp³-hybridized carbons (Fsp3) is 0.286. The van der Waals surface area contributed by atoms with Gasteiger partial charge in [0.1, 0.15) is 5.60 Å². The quantitative estimate of drug-likeness (QED) is 0.544. The molecular weight excluding hydrogens is 431 g/mol. The molecule has 0 saturated carbocycles. The third-order valence-electron chi connectivity index (χ3n) is 3.86. The third-order valence-corrected chi connectivity index (χ3v) is 4.46.